The van der Waals surface area contributed by atoms with Crippen LogP contribution in [0.4, 0.5) is 5.69 Å². The predicted octanol–water partition coefficient (Wildman–Crippen LogP) is 3.81. The van der Waals surface area contributed by atoms with Crippen LogP contribution in [0.3, 0.4) is 0 Å². The maximum atomic E-state index is 12.1. The van der Waals surface area contributed by atoms with Gasteiger partial charge in [-0.2, -0.15) is 0 Å². The number of ether oxygens (including phenoxy) is 1. The van der Waals surface area contributed by atoms with Gasteiger partial charge in [0.2, 0.25) is 0 Å². The monoisotopic (exact) mass is 281 g/mol. The van der Waals surface area contributed by atoms with E-state index < -0.39 is 0 Å². The maximum Gasteiger partial charge on any atom is 0.343 e. The van der Waals surface area contributed by atoms with E-state index in [4.69, 9.17) is 4.74 Å². The van der Waals surface area contributed by atoms with Crippen LogP contribution in [-0.4, -0.2) is 19.1 Å². The van der Waals surface area contributed by atoms with E-state index in [0.29, 0.717) is 11.3 Å². The van der Waals surface area contributed by atoms with Crippen molar-refractivity contribution >= 4 is 11.7 Å². The molecule has 1 saturated heterocycles. The van der Waals surface area contributed by atoms with E-state index in [0.717, 1.165) is 18.7 Å². The minimum Gasteiger partial charge on any atom is -0.423 e. The Morgan fingerprint density at radius 2 is 1.76 bits per heavy atom. The lowest BCUT2D eigenvalue weighted by Crippen LogP contribution is -2.17. The van der Waals surface area contributed by atoms with E-state index in [2.05, 4.69) is 11.0 Å². The van der Waals surface area contributed by atoms with Crippen molar-refractivity contribution in [1.82, 2.24) is 0 Å². The van der Waals surface area contributed by atoms with Crippen molar-refractivity contribution in [2.75, 3.05) is 18.0 Å². The number of carbonyl (C=O) groups excluding carboxylic acids is 1. The van der Waals surface area contributed by atoms with Gasteiger partial charge in [0.05, 0.1) is 5.56 Å². The van der Waals surface area contributed by atoms with Gasteiger partial charge in [0.1, 0.15) is 5.75 Å². The molecule has 0 aromatic heterocycles. The zero-order chi connectivity index (χ0) is 14.7. The molecule has 3 nitrogen and oxygen atoms in total. The summed E-state index contributed by atoms with van der Waals surface area (Å²) in [7, 11) is 0. The van der Waals surface area contributed by atoms with Crippen LogP contribution in [0.5, 0.6) is 5.75 Å². The lowest BCUT2D eigenvalue weighted by atomic mass is 10.2. The molecule has 0 radical (unpaired) electrons. The van der Waals surface area contributed by atoms with Crippen LogP contribution in [0.2, 0.25) is 0 Å². The Hall–Kier alpha value is -2.29. The first-order valence-corrected chi connectivity index (χ1v) is 7.37. The second-order valence-electron chi connectivity index (χ2n) is 5.40. The second-order valence-corrected chi connectivity index (χ2v) is 5.40. The van der Waals surface area contributed by atoms with Gasteiger partial charge in [-0.3, -0.25) is 0 Å². The molecule has 1 fully saturated rings. The molecular weight excluding hydrogens is 262 g/mol. The standard InChI is InChI=1S/C18H19NO2/c1-14-13-16(19-11-5-6-12-19)9-10-17(14)21-18(20)15-7-3-2-4-8-15/h2-4,7-10,13H,5-6,11-12H2,1H3. The van der Waals surface area contributed by atoms with Gasteiger partial charge in [-0.25, -0.2) is 4.79 Å². The number of hydrogen-bond donors (Lipinski definition) is 0. The number of hydrogen-bond acceptors (Lipinski definition) is 3. The number of anilines is 1. The van der Waals surface area contributed by atoms with E-state index in [1.54, 1.807) is 12.1 Å². The highest BCUT2D eigenvalue weighted by molar-refractivity contribution is 5.91. The Morgan fingerprint density at radius 1 is 1.05 bits per heavy atom. The quantitative estimate of drug-likeness (QED) is 0.633. The zero-order valence-electron chi connectivity index (χ0n) is 12.2. The second kappa shape index (κ2) is 6.00. The van der Waals surface area contributed by atoms with Crippen molar-refractivity contribution in [1.29, 1.82) is 0 Å². The normalized spacial score (nSPS) is 14.2. The van der Waals surface area contributed by atoms with E-state index >= 15 is 0 Å². The summed E-state index contributed by atoms with van der Waals surface area (Å²) in [6.45, 7) is 4.21. The molecule has 0 unspecified atom stereocenters. The highest BCUT2D eigenvalue weighted by Gasteiger charge is 2.15. The van der Waals surface area contributed by atoms with E-state index in [1.807, 2.05) is 37.3 Å². The Morgan fingerprint density at radius 3 is 2.43 bits per heavy atom. The van der Waals surface area contributed by atoms with E-state index in [9.17, 15) is 4.79 Å². The van der Waals surface area contributed by atoms with Crippen LogP contribution < -0.4 is 9.64 Å². The molecule has 0 spiro atoms. The van der Waals surface area contributed by atoms with Gasteiger partial charge in [-0.15, -0.1) is 0 Å². The number of esters is 1. The van der Waals surface area contributed by atoms with E-state index in [-0.39, 0.29) is 5.97 Å². The molecule has 0 amide bonds. The van der Waals surface area contributed by atoms with E-state index in [1.165, 1.54) is 18.5 Å². The number of aryl methyl sites for hydroxylation is 1. The Kier molecular flexibility index (Phi) is 3.91. The van der Waals surface area contributed by atoms with Crippen LogP contribution in [0.1, 0.15) is 28.8 Å². The summed E-state index contributed by atoms with van der Waals surface area (Å²) < 4.78 is 5.49. The summed E-state index contributed by atoms with van der Waals surface area (Å²) in [6, 6.07) is 15.1. The fraction of sp³-hybridized carbons (Fsp3) is 0.278. The molecule has 0 N–H and O–H groups in total. The smallest absolute Gasteiger partial charge is 0.343 e. The minimum atomic E-state index is -0.312. The Balaban J connectivity index is 1.75. The van der Waals surface area contributed by atoms with Crippen LogP contribution in [-0.2, 0) is 0 Å². The van der Waals surface area contributed by atoms with Crippen molar-refractivity contribution in [3.05, 3.63) is 59.7 Å². The number of benzene rings is 2. The van der Waals surface area contributed by atoms with Gasteiger partial charge >= 0.3 is 5.97 Å². The highest BCUT2D eigenvalue weighted by atomic mass is 16.5. The number of nitrogens with zero attached hydrogens (tertiary/aromatic N) is 1. The molecule has 21 heavy (non-hydrogen) atoms. The fourth-order valence-electron chi connectivity index (χ4n) is 2.65. The molecule has 1 aliphatic heterocycles. The molecule has 0 bridgehead atoms. The SMILES string of the molecule is Cc1cc(N2CCCC2)ccc1OC(=O)c1ccccc1. The van der Waals surface area contributed by atoms with Gasteiger partial charge in [0, 0.05) is 18.8 Å². The van der Waals surface area contributed by atoms with Gasteiger partial charge in [0.15, 0.2) is 0 Å². The Bertz CT molecular complexity index is 631. The molecule has 0 aliphatic carbocycles. The molecule has 2 aromatic carbocycles. The summed E-state index contributed by atoms with van der Waals surface area (Å²) in [5.41, 5.74) is 2.77. The van der Waals surface area contributed by atoms with Crippen molar-refractivity contribution < 1.29 is 9.53 Å². The third-order valence-electron chi connectivity index (χ3n) is 3.84. The molecule has 1 heterocycles. The van der Waals surface area contributed by atoms with Crippen LogP contribution in [0, 0.1) is 6.92 Å². The van der Waals surface area contributed by atoms with Gasteiger partial charge in [-0.1, -0.05) is 18.2 Å². The van der Waals surface area contributed by atoms with Crippen molar-refractivity contribution in [3.8, 4) is 5.75 Å². The largest absolute Gasteiger partial charge is 0.423 e. The van der Waals surface area contributed by atoms with Gasteiger partial charge in [-0.05, 0) is 55.7 Å². The summed E-state index contributed by atoms with van der Waals surface area (Å²) in [4.78, 5) is 14.4. The summed E-state index contributed by atoms with van der Waals surface area (Å²) in [6.07, 6.45) is 2.51. The molecular formula is C18H19NO2. The summed E-state index contributed by atoms with van der Waals surface area (Å²) in [5, 5.41) is 0. The van der Waals surface area contributed by atoms with Gasteiger partial charge < -0.3 is 9.64 Å². The molecule has 108 valence electrons. The van der Waals surface area contributed by atoms with Crippen molar-refractivity contribution in [3.63, 3.8) is 0 Å². The van der Waals surface area contributed by atoms with Crippen LogP contribution in [0.15, 0.2) is 48.5 Å². The highest BCUT2D eigenvalue weighted by Crippen LogP contribution is 2.27. The first-order chi connectivity index (χ1) is 10.2. The first kappa shape index (κ1) is 13.7. The van der Waals surface area contributed by atoms with Crippen LogP contribution in [0.25, 0.3) is 0 Å². The first-order valence-electron chi connectivity index (χ1n) is 7.37. The summed E-state index contributed by atoms with van der Waals surface area (Å²) in [5.74, 6) is 0.319. The predicted molar refractivity (Wildman–Crippen MR) is 84.0 cm³/mol. The van der Waals surface area contributed by atoms with Crippen molar-refractivity contribution in [2.24, 2.45) is 0 Å². The zero-order valence-corrected chi connectivity index (χ0v) is 12.2. The minimum absolute atomic E-state index is 0.312. The topological polar surface area (TPSA) is 29.5 Å². The summed E-state index contributed by atoms with van der Waals surface area (Å²) >= 11 is 0. The average molecular weight is 281 g/mol. The lowest BCUT2D eigenvalue weighted by Gasteiger charge is -2.19. The molecule has 0 saturated carbocycles. The average Bonchev–Trinajstić information content (AvgIpc) is 3.04. The third kappa shape index (κ3) is 3.07. The molecule has 1 aliphatic rings. The number of carbonyl (C=O) groups is 1. The van der Waals surface area contributed by atoms with Crippen molar-refractivity contribution in [2.45, 2.75) is 19.8 Å². The Labute approximate surface area is 125 Å². The molecule has 2 aromatic rings. The lowest BCUT2D eigenvalue weighted by molar-refractivity contribution is 0.0733. The maximum absolute atomic E-state index is 12.1. The fourth-order valence-corrected chi connectivity index (χ4v) is 2.65. The van der Waals surface area contributed by atoms with Crippen LogP contribution >= 0.6 is 0 Å². The molecule has 3 heteroatoms. The third-order valence-corrected chi connectivity index (χ3v) is 3.84. The molecule has 0 atom stereocenters. The van der Waals surface area contributed by atoms with Gasteiger partial charge in [0.25, 0.3) is 0 Å². The molecule has 3 rings (SSSR count). The number of rotatable bonds is 3.